The van der Waals surface area contributed by atoms with E-state index in [1.807, 2.05) is 0 Å². The molecule has 0 bridgehead atoms. The summed E-state index contributed by atoms with van der Waals surface area (Å²) in [6, 6.07) is 73.6. The first-order valence-corrected chi connectivity index (χ1v) is 20.2. The highest BCUT2D eigenvalue weighted by atomic mass is 15.2. The molecular formula is C56H38N2. The maximum atomic E-state index is 3.99. The smallest absolute Gasteiger partial charge is 0.104 e. The van der Waals surface area contributed by atoms with E-state index in [0.717, 1.165) is 11.3 Å². The maximum Gasteiger partial charge on any atom is 0.104 e. The summed E-state index contributed by atoms with van der Waals surface area (Å²) in [5, 5.41) is 18.2. The fourth-order valence-corrected chi connectivity index (χ4v) is 9.64. The molecule has 2 N–H and O–H groups in total. The second-order valence-electron chi connectivity index (χ2n) is 15.7. The largest absolute Gasteiger partial charge is 0.366 e. The number of benzene rings is 10. The zero-order valence-corrected chi connectivity index (χ0v) is 31.8. The van der Waals surface area contributed by atoms with Crippen LogP contribution in [0.15, 0.2) is 206 Å². The predicted molar refractivity (Wildman–Crippen MR) is 244 cm³/mol. The monoisotopic (exact) mass is 738 g/mol. The predicted octanol–water partition coefficient (Wildman–Crippen LogP) is 14.3. The lowest BCUT2D eigenvalue weighted by atomic mass is 9.89. The molecule has 0 aromatic heterocycles. The fraction of sp³-hybridized carbons (Fsp3) is 0.0357. The fourth-order valence-electron chi connectivity index (χ4n) is 9.64. The highest BCUT2D eigenvalue weighted by Gasteiger charge is 2.27. The Morgan fingerprint density at radius 2 is 0.983 bits per heavy atom. The van der Waals surface area contributed by atoms with E-state index in [1.54, 1.807) is 0 Å². The molecule has 10 aromatic rings. The van der Waals surface area contributed by atoms with Crippen molar-refractivity contribution in [1.29, 1.82) is 0 Å². The SMILES string of the molecule is C1=C(c2ccc(-c3c4ccccc4cc4c3ccc3ccccc34)cc2)NC(c2ccc(-c3ccccc3)cc2)NC1c1ccc2c(c1)-c1cccc3cccc-2c13. The number of fused-ring (bicyclic) bond motifs is 7. The summed E-state index contributed by atoms with van der Waals surface area (Å²) < 4.78 is 0. The van der Waals surface area contributed by atoms with E-state index >= 15 is 0 Å². The van der Waals surface area contributed by atoms with Crippen LogP contribution in [0.2, 0.25) is 0 Å². The Balaban J connectivity index is 0.960. The second kappa shape index (κ2) is 13.2. The summed E-state index contributed by atoms with van der Waals surface area (Å²) in [6.45, 7) is 0. The molecule has 272 valence electrons. The number of nitrogens with one attached hydrogen (secondary N) is 2. The lowest BCUT2D eigenvalue weighted by Gasteiger charge is -2.33. The van der Waals surface area contributed by atoms with E-state index in [4.69, 9.17) is 0 Å². The van der Waals surface area contributed by atoms with Crippen LogP contribution in [0.3, 0.4) is 0 Å². The van der Waals surface area contributed by atoms with Crippen molar-refractivity contribution in [3.8, 4) is 44.5 Å². The van der Waals surface area contributed by atoms with Crippen molar-refractivity contribution in [2.75, 3.05) is 0 Å². The molecule has 0 saturated heterocycles. The highest BCUT2D eigenvalue weighted by molar-refractivity contribution is 6.20. The Hall–Kier alpha value is -7.26. The lowest BCUT2D eigenvalue weighted by molar-refractivity contribution is 0.443. The van der Waals surface area contributed by atoms with Crippen LogP contribution in [0, 0.1) is 0 Å². The van der Waals surface area contributed by atoms with Gasteiger partial charge in [-0.05, 0) is 122 Å². The third-order valence-corrected chi connectivity index (χ3v) is 12.5. The third kappa shape index (κ3) is 5.30. The van der Waals surface area contributed by atoms with Gasteiger partial charge >= 0.3 is 0 Å². The minimum atomic E-state index is -0.0984. The van der Waals surface area contributed by atoms with Crippen LogP contribution in [0.4, 0.5) is 0 Å². The van der Waals surface area contributed by atoms with Crippen LogP contribution >= 0.6 is 0 Å². The van der Waals surface area contributed by atoms with Gasteiger partial charge in [-0.2, -0.15) is 0 Å². The molecule has 2 aliphatic rings. The third-order valence-electron chi connectivity index (χ3n) is 12.5. The van der Waals surface area contributed by atoms with Gasteiger partial charge in [0.05, 0.1) is 6.04 Å². The van der Waals surface area contributed by atoms with Crippen LogP contribution in [0.1, 0.15) is 28.9 Å². The van der Waals surface area contributed by atoms with Gasteiger partial charge in [-0.25, -0.2) is 0 Å². The highest BCUT2D eigenvalue weighted by Crippen LogP contribution is 2.48. The minimum absolute atomic E-state index is 0.0155. The molecule has 0 radical (unpaired) electrons. The Labute approximate surface area is 337 Å². The van der Waals surface area contributed by atoms with Crippen molar-refractivity contribution < 1.29 is 0 Å². The first kappa shape index (κ1) is 32.9. The normalized spacial score (nSPS) is 15.8. The van der Waals surface area contributed by atoms with Crippen LogP contribution in [0.5, 0.6) is 0 Å². The van der Waals surface area contributed by atoms with Gasteiger partial charge in [0.2, 0.25) is 0 Å². The zero-order valence-electron chi connectivity index (χ0n) is 31.8. The van der Waals surface area contributed by atoms with Crippen LogP contribution < -0.4 is 10.6 Å². The van der Waals surface area contributed by atoms with Crippen LogP contribution in [-0.2, 0) is 0 Å². The van der Waals surface area contributed by atoms with Gasteiger partial charge in [0.15, 0.2) is 0 Å². The maximum absolute atomic E-state index is 3.99. The molecule has 2 unspecified atom stereocenters. The van der Waals surface area contributed by atoms with Gasteiger partial charge in [-0.15, -0.1) is 0 Å². The summed E-state index contributed by atoms with van der Waals surface area (Å²) in [5.41, 5.74) is 14.9. The van der Waals surface area contributed by atoms with Gasteiger partial charge in [0.25, 0.3) is 0 Å². The van der Waals surface area contributed by atoms with Gasteiger partial charge in [-0.3, -0.25) is 5.32 Å². The molecule has 10 aromatic carbocycles. The molecule has 2 nitrogen and oxygen atoms in total. The lowest BCUT2D eigenvalue weighted by Crippen LogP contribution is -2.39. The molecule has 0 saturated carbocycles. The Kier molecular flexibility index (Phi) is 7.47. The molecule has 58 heavy (non-hydrogen) atoms. The average molecular weight is 739 g/mol. The van der Waals surface area contributed by atoms with Crippen LogP contribution in [-0.4, -0.2) is 0 Å². The molecule has 0 fully saturated rings. The molecule has 1 heterocycles. The number of hydrogen-bond acceptors (Lipinski definition) is 2. The van der Waals surface area contributed by atoms with Crippen molar-refractivity contribution in [3.05, 3.63) is 223 Å². The summed E-state index contributed by atoms with van der Waals surface area (Å²) >= 11 is 0. The Morgan fingerprint density at radius 3 is 1.79 bits per heavy atom. The zero-order chi connectivity index (χ0) is 38.2. The quantitative estimate of drug-likeness (QED) is 0.136. The molecule has 0 amide bonds. The molecular weight excluding hydrogens is 701 g/mol. The molecule has 12 rings (SSSR count). The summed E-state index contributed by atoms with van der Waals surface area (Å²) in [7, 11) is 0. The number of hydrogen-bond donors (Lipinski definition) is 2. The van der Waals surface area contributed by atoms with Crippen molar-refractivity contribution in [3.63, 3.8) is 0 Å². The summed E-state index contributed by atoms with van der Waals surface area (Å²) in [4.78, 5) is 0. The molecule has 2 atom stereocenters. The number of rotatable bonds is 5. The molecule has 2 heteroatoms. The van der Waals surface area contributed by atoms with E-state index < -0.39 is 0 Å². The first-order valence-electron chi connectivity index (χ1n) is 20.2. The topological polar surface area (TPSA) is 24.1 Å². The van der Waals surface area contributed by atoms with E-state index in [-0.39, 0.29) is 12.2 Å². The minimum Gasteiger partial charge on any atom is -0.366 e. The van der Waals surface area contributed by atoms with Crippen LogP contribution in [0.25, 0.3) is 93.3 Å². The molecule has 0 spiro atoms. The van der Waals surface area contributed by atoms with E-state index in [9.17, 15) is 0 Å². The summed E-state index contributed by atoms with van der Waals surface area (Å²) in [6.07, 6.45) is 2.27. The van der Waals surface area contributed by atoms with E-state index in [0.29, 0.717) is 0 Å². The van der Waals surface area contributed by atoms with Crippen molar-refractivity contribution in [2.45, 2.75) is 12.2 Å². The second-order valence-corrected chi connectivity index (χ2v) is 15.7. The molecule has 1 aliphatic carbocycles. The average Bonchev–Trinajstić information content (AvgIpc) is 3.62. The Morgan fingerprint density at radius 1 is 0.345 bits per heavy atom. The van der Waals surface area contributed by atoms with Crippen molar-refractivity contribution in [1.82, 2.24) is 10.6 Å². The van der Waals surface area contributed by atoms with Gasteiger partial charge in [-0.1, -0.05) is 188 Å². The van der Waals surface area contributed by atoms with Gasteiger partial charge in [0.1, 0.15) is 6.17 Å². The van der Waals surface area contributed by atoms with E-state index in [1.165, 1.54) is 98.7 Å². The van der Waals surface area contributed by atoms with Crippen molar-refractivity contribution in [2.24, 2.45) is 0 Å². The van der Waals surface area contributed by atoms with Crippen molar-refractivity contribution >= 4 is 48.8 Å². The molecule has 1 aliphatic heterocycles. The first-order chi connectivity index (χ1) is 28.7. The van der Waals surface area contributed by atoms with E-state index in [2.05, 4.69) is 217 Å². The Bertz CT molecular complexity index is 3260. The van der Waals surface area contributed by atoms with Gasteiger partial charge in [0, 0.05) is 5.70 Å². The van der Waals surface area contributed by atoms with Gasteiger partial charge < -0.3 is 5.32 Å². The summed E-state index contributed by atoms with van der Waals surface area (Å²) in [5.74, 6) is 0. The standard InChI is InChI=1S/C56H38N2/c1-2-10-35(11-3-1)36-20-26-41(27-21-36)56-57-52(34-53(58-56)43-29-30-46-47-18-8-14-39-15-9-19-48(55(39)47)51(46)33-43)38-22-24-40(25-23-38)54-45-17-7-5-13-42(45)32-50-44-16-6-4-12-37(44)28-31-49(50)54/h1-34,53,56-58H.